The first-order valence-electron chi connectivity index (χ1n) is 10.2. The van der Waals surface area contributed by atoms with Crippen LogP contribution in [0.2, 0.25) is 0 Å². The molecule has 0 saturated carbocycles. The summed E-state index contributed by atoms with van der Waals surface area (Å²) in [4.78, 5) is 41.3. The van der Waals surface area contributed by atoms with Gasteiger partial charge in [-0.2, -0.15) is 4.98 Å². The Bertz CT molecular complexity index is 1170. The molecule has 0 atom stereocenters. The van der Waals surface area contributed by atoms with E-state index in [9.17, 15) is 14.4 Å². The van der Waals surface area contributed by atoms with Crippen LogP contribution in [0.3, 0.4) is 0 Å². The first-order valence-corrected chi connectivity index (χ1v) is 11.0. The second kappa shape index (κ2) is 9.31. The van der Waals surface area contributed by atoms with Gasteiger partial charge in [0.1, 0.15) is 5.00 Å². The number of nitrogens with one attached hydrogen (secondary N) is 1. The van der Waals surface area contributed by atoms with Crippen molar-refractivity contribution in [2.24, 2.45) is 5.73 Å². The number of thiophene rings is 1. The SMILES string of the molecule is Cc1ccc(-c2noc(CCC(=O)OCC(=O)Nc3sc4c(c3C(N)=O)CCC4)n2)cc1. The van der Waals surface area contributed by atoms with Crippen LogP contribution in [0.1, 0.15) is 45.1 Å². The van der Waals surface area contributed by atoms with Crippen molar-refractivity contribution >= 4 is 34.1 Å². The van der Waals surface area contributed by atoms with Crippen LogP contribution in [0.15, 0.2) is 28.8 Å². The van der Waals surface area contributed by atoms with Crippen molar-refractivity contribution in [3.8, 4) is 11.4 Å². The third kappa shape index (κ3) is 4.86. The van der Waals surface area contributed by atoms with Gasteiger partial charge in [-0.1, -0.05) is 35.0 Å². The smallest absolute Gasteiger partial charge is 0.306 e. The lowest BCUT2D eigenvalue weighted by Crippen LogP contribution is -2.22. The number of rotatable bonds is 8. The molecule has 32 heavy (non-hydrogen) atoms. The minimum atomic E-state index is -0.570. The van der Waals surface area contributed by atoms with Crippen LogP contribution in [-0.4, -0.2) is 34.5 Å². The van der Waals surface area contributed by atoms with Crippen LogP contribution in [0.4, 0.5) is 5.00 Å². The number of primary amides is 1. The van der Waals surface area contributed by atoms with Gasteiger partial charge < -0.3 is 20.3 Å². The van der Waals surface area contributed by atoms with E-state index < -0.39 is 24.4 Å². The first-order chi connectivity index (χ1) is 15.4. The number of ether oxygens (including phenoxy) is 1. The summed E-state index contributed by atoms with van der Waals surface area (Å²) in [7, 11) is 0. The highest BCUT2D eigenvalue weighted by atomic mass is 32.1. The van der Waals surface area contributed by atoms with Crippen LogP contribution < -0.4 is 11.1 Å². The third-order valence-corrected chi connectivity index (χ3v) is 6.31. The Hall–Kier alpha value is -3.53. The Morgan fingerprint density at radius 2 is 2.00 bits per heavy atom. The molecule has 2 aromatic heterocycles. The number of nitrogens with zero attached hydrogens (tertiary/aromatic N) is 2. The zero-order chi connectivity index (χ0) is 22.7. The molecule has 0 radical (unpaired) electrons. The van der Waals surface area contributed by atoms with E-state index in [1.165, 1.54) is 11.3 Å². The maximum atomic E-state index is 12.2. The summed E-state index contributed by atoms with van der Waals surface area (Å²) in [6.07, 6.45) is 2.80. The van der Waals surface area contributed by atoms with E-state index in [1.807, 2.05) is 31.2 Å². The molecule has 3 N–H and O–H groups in total. The fourth-order valence-electron chi connectivity index (χ4n) is 3.52. The number of aryl methyl sites for hydroxylation is 3. The summed E-state index contributed by atoms with van der Waals surface area (Å²) in [6.45, 7) is 1.53. The summed E-state index contributed by atoms with van der Waals surface area (Å²) < 4.78 is 10.2. The van der Waals surface area contributed by atoms with E-state index in [4.69, 9.17) is 15.0 Å². The molecule has 166 valence electrons. The monoisotopic (exact) mass is 454 g/mol. The lowest BCUT2D eigenvalue weighted by Gasteiger charge is -2.07. The number of benzene rings is 1. The van der Waals surface area contributed by atoms with Gasteiger partial charge in [0.15, 0.2) is 6.61 Å². The zero-order valence-corrected chi connectivity index (χ0v) is 18.3. The van der Waals surface area contributed by atoms with Crippen molar-refractivity contribution in [3.05, 3.63) is 51.7 Å². The van der Waals surface area contributed by atoms with Crippen molar-refractivity contribution in [2.45, 2.75) is 39.0 Å². The van der Waals surface area contributed by atoms with Gasteiger partial charge in [-0.05, 0) is 31.7 Å². The molecule has 0 spiro atoms. The highest BCUT2D eigenvalue weighted by Crippen LogP contribution is 2.38. The largest absolute Gasteiger partial charge is 0.456 e. The molecule has 9 nitrogen and oxygen atoms in total. The van der Waals surface area contributed by atoms with E-state index >= 15 is 0 Å². The molecule has 0 fully saturated rings. The van der Waals surface area contributed by atoms with Gasteiger partial charge in [-0.3, -0.25) is 14.4 Å². The van der Waals surface area contributed by atoms with Crippen molar-refractivity contribution in [2.75, 3.05) is 11.9 Å². The summed E-state index contributed by atoms with van der Waals surface area (Å²) in [5.74, 6) is -0.914. The summed E-state index contributed by atoms with van der Waals surface area (Å²) in [5, 5.41) is 6.97. The van der Waals surface area contributed by atoms with Gasteiger partial charge in [0.25, 0.3) is 11.8 Å². The number of amides is 2. The highest BCUT2D eigenvalue weighted by Gasteiger charge is 2.26. The Morgan fingerprint density at radius 1 is 1.22 bits per heavy atom. The van der Waals surface area contributed by atoms with Gasteiger partial charge in [-0.15, -0.1) is 11.3 Å². The van der Waals surface area contributed by atoms with E-state index in [0.717, 1.165) is 40.8 Å². The maximum absolute atomic E-state index is 12.2. The standard InChI is InChI=1S/C22H22N4O5S/c1-12-5-7-13(8-6-12)21-25-17(31-26-21)9-10-18(28)30-11-16(27)24-22-19(20(23)29)14-3-2-4-15(14)32-22/h5-8H,2-4,9-11H2,1H3,(H2,23,29)(H,24,27). The fourth-order valence-corrected chi connectivity index (χ4v) is 4.83. The molecular weight excluding hydrogens is 432 g/mol. The molecular formula is C22H22N4O5S. The number of nitrogens with two attached hydrogens (primary N) is 1. The number of esters is 1. The van der Waals surface area contributed by atoms with Crippen LogP contribution in [0.25, 0.3) is 11.4 Å². The molecule has 1 aliphatic rings. The lowest BCUT2D eigenvalue weighted by atomic mass is 10.1. The Labute approximate surface area is 188 Å². The Balaban J connectivity index is 1.26. The molecule has 2 heterocycles. The summed E-state index contributed by atoms with van der Waals surface area (Å²) in [5.41, 5.74) is 8.70. The van der Waals surface area contributed by atoms with Gasteiger partial charge in [0, 0.05) is 16.9 Å². The Morgan fingerprint density at radius 3 is 2.75 bits per heavy atom. The molecule has 4 rings (SSSR count). The van der Waals surface area contributed by atoms with Crippen molar-refractivity contribution < 1.29 is 23.6 Å². The minimum absolute atomic E-state index is 0.0113. The summed E-state index contributed by atoms with van der Waals surface area (Å²) >= 11 is 1.35. The number of aromatic nitrogens is 2. The van der Waals surface area contributed by atoms with Crippen LogP contribution in [0, 0.1) is 6.92 Å². The number of fused-ring (bicyclic) bond motifs is 1. The molecule has 2 amide bonds. The van der Waals surface area contributed by atoms with Crippen LogP contribution >= 0.6 is 11.3 Å². The predicted molar refractivity (Wildman–Crippen MR) is 117 cm³/mol. The maximum Gasteiger partial charge on any atom is 0.306 e. The quantitative estimate of drug-likeness (QED) is 0.499. The van der Waals surface area contributed by atoms with E-state index in [1.54, 1.807) is 0 Å². The van der Waals surface area contributed by atoms with Crippen LogP contribution in [0.5, 0.6) is 0 Å². The average molecular weight is 455 g/mol. The molecule has 10 heteroatoms. The number of hydrogen-bond donors (Lipinski definition) is 2. The molecule has 3 aromatic rings. The predicted octanol–water partition coefficient (Wildman–Crippen LogP) is 2.81. The first kappa shape index (κ1) is 21.7. The van der Waals surface area contributed by atoms with Gasteiger partial charge in [0.05, 0.1) is 12.0 Å². The summed E-state index contributed by atoms with van der Waals surface area (Å²) in [6, 6.07) is 7.68. The molecule has 0 aliphatic heterocycles. The third-order valence-electron chi connectivity index (χ3n) is 5.11. The number of carbonyl (C=O) groups excluding carboxylic acids is 3. The topological polar surface area (TPSA) is 137 Å². The molecule has 0 unspecified atom stereocenters. The van der Waals surface area contributed by atoms with Gasteiger partial charge in [-0.25, -0.2) is 0 Å². The molecule has 0 bridgehead atoms. The highest BCUT2D eigenvalue weighted by molar-refractivity contribution is 7.17. The average Bonchev–Trinajstić information content (AvgIpc) is 3.47. The number of anilines is 1. The zero-order valence-electron chi connectivity index (χ0n) is 17.5. The number of carbonyl (C=O) groups is 3. The van der Waals surface area contributed by atoms with Crippen molar-refractivity contribution in [1.29, 1.82) is 0 Å². The van der Waals surface area contributed by atoms with Crippen molar-refractivity contribution in [3.63, 3.8) is 0 Å². The molecule has 1 aliphatic carbocycles. The lowest BCUT2D eigenvalue weighted by molar-refractivity contribution is -0.147. The van der Waals surface area contributed by atoms with E-state index in [-0.39, 0.29) is 12.8 Å². The molecule has 1 aromatic carbocycles. The second-order valence-electron chi connectivity index (χ2n) is 7.51. The van der Waals surface area contributed by atoms with Gasteiger partial charge in [0.2, 0.25) is 11.7 Å². The van der Waals surface area contributed by atoms with Crippen LogP contribution in [-0.2, 0) is 33.6 Å². The Kier molecular flexibility index (Phi) is 6.31. The van der Waals surface area contributed by atoms with Crippen molar-refractivity contribution in [1.82, 2.24) is 10.1 Å². The van der Waals surface area contributed by atoms with E-state index in [0.29, 0.717) is 22.3 Å². The number of hydrogen-bond acceptors (Lipinski definition) is 8. The molecule has 0 saturated heterocycles. The second-order valence-corrected chi connectivity index (χ2v) is 8.62. The van der Waals surface area contributed by atoms with Gasteiger partial charge >= 0.3 is 5.97 Å². The van der Waals surface area contributed by atoms with E-state index in [2.05, 4.69) is 15.5 Å². The minimum Gasteiger partial charge on any atom is -0.456 e. The normalized spacial score (nSPS) is 12.4. The fraction of sp³-hybridized carbons (Fsp3) is 0.318.